The summed E-state index contributed by atoms with van der Waals surface area (Å²) in [6, 6.07) is 2.36. The summed E-state index contributed by atoms with van der Waals surface area (Å²) in [5.41, 5.74) is 7.68. The first-order valence-corrected chi connectivity index (χ1v) is 8.51. The number of rotatable bonds is 1. The zero-order valence-electron chi connectivity index (χ0n) is 12.0. The Morgan fingerprint density at radius 1 is 1.43 bits per heavy atom. The third-order valence-corrected chi connectivity index (χ3v) is 5.90. The summed E-state index contributed by atoms with van der Waals surface area (Å²) in [5.74, 6) is 0.470. The molecule has 0 aromatic carbocycles. The predicted octanol–water partition coefficient (Wildman–Crippen LogP) is 3.52. The van der Waals surface area contributed by atoms with Crippen molar-refractivity contribution in [2.24, 2.45) is 16.1 Å². The van der Waals surface area contributed by atoms with Gasteiger partial charge in [0.15, 0.2) is 0 Å². The van der Waals surface area contributed by atoms with Crippen LogP contribution in [0.2, 0.25) is 0 Å². The van der Waals surface area contributed by atoms with Crippen LogP contribution in [0.3, 0.4) is 0 Å². The van der Waals surface area contributed by atoms with Gasteiger partial charge in [-0.25, -0.2) is 9.98 Å². The van der Waals surface area contributed by atoms with E-state index in [9.17, 15) is 5.26 Å². The van der Waals surface area contributed by atoms with E-state index >= 15 is 0 Å². The van der Waals surface area contributed by atoms with E-state index in [4.69, 9.17) is 5.73 Å². The van der Waals surface area contributed by atoms with E-state index in [0.29, 0.717) is 16.4 Å². The quantitative estimate of drug-likeness (QED) is 0.778. The Labute approximate surface area is 134 Å². The summed E-state index contributed by atoms with van der Waals surface area (Å²) >= 11 is 6.02. The van der Waals surface area contributed by atoms with Crippen LogP contribution in [0.5, 0.6) is 0 Å². The number of aryl methyl sites for hydroxylation is 1. The molecule has 2 aliphatic rings. The summed E-state index contributed by atoms with van der Waals surface area (Å²) in [7, 11) is 0. The molecule has 110 valence electrons. The highest BCUT2D eigenvalue weighted by Gasteiger charge is 2.50. The average Bonchev–Trinajstić information content (AvgIpc) is 2.86. The van der Waals surface area contributed by atoms with Crippen molar-refractivity contribution in [3.05, 3.63) is 26.7 Å². The van der Waals surface area contributed by atoms with Gasteiger partial charge in [-0.3, -0.25) is 0 Å². The maximum Gasteiger partial charge on any atom is 0.111 e. The van der Waals surface area contributed by atoms with Crippen LogP contribution >= 0.6 is 24.0 Å². The molecule has 1 aliphatic carbocycles. The second kappa shape index (κ2) is 5.47. The highest BCUT2D eigenvalue weighted by Crippen LogP contribution is 2.55. The van der Waals surface area contributed by atoms with E-state index in [1.165, 1.54) is 6.42 Å². The van der Waals surface area contributed by atoms with Gasteiger partial charge in [-0.2, -0.15) is 5.26 Å². The molecule has 0 unspecified atom stereocenters. The van der Waals surface area contributed by atoms with Gasteiger partial charge in [-0.1, -0.05) is 19.3 Å². The molecule has 21 heavy (non-hydrogen) atoms. The van der Waals surface area contributed by atoms with Crippen molar-refractivity contribution in [1.82, 2.24) is 4.98 Å². The maximum absolute atomic E-state index is 9.65. The monoisotopic (exact) mass is 318 g/mol. The fourth-order valence-electron chi connectivity index (χ4n) is 3.64. The number of aromatic nitrogens is 1. The third-order valence-electron chi connectivity index (χ3n) is 4.55. The minimum absolute atomic E-state index is 0.0814. The van der Waals surface area contributed by atoms with E-state index in [-0.39, 0.29) is 11.3 Å². The number of thiazole rings is 1. The number of nitrogens with two attached hydrogens (primary N) is 1. The van der Waals surface area contributed by atoms with E-state index in [0.717, 1.165) is 36.4 Å². The second-order valence-electron chi connectivity index (χ2n) is 5.82. The predicted molar refractivity (Wildman–Crippen MR) is 88.4 cm³/mol. The molecule has 1 atom stereocenters. The topological polar surface area (TPSA) is 75.1 Å². The van der Waals surface area contributed by atoms with E-state index < -0.39 is 0 Å². The zero-order valence-corrected chi connectivity index (χ0v) is 13.7. The van der Waals surface area contributed by atoms with Crippen LogP contribution in [0.4, 0.5) is 0 Å². The van der Waals surface area contributed by atoms with Crippen LogP contribution in [0, 0.1) is 23.7 Å². The van der Waals surface area contributed by atoms with E-state index in [1.54, 1.807) is 11.3 Å². The molecule has 0 amide bonds. The molecule has 0 radical (unpaired) electrons. The summed E-state index contributed by atoms with van der Waals surface area (Å²) in [6.07, 6.45) is 5.35. The number of nitrogens with zero attached hydrogens (tertiary/aromatic N) is 3. The third kappa shape index (κ3) is 2.29. The Morgan fingerprint density at radius 3 is 2.71 bits per heavy atom. The van der Waals surface area contributed by atoms with Gasteiger partial charge in [0.2, 0.25) is 0 Å². The molecule has 0 saturated heterocycles. The summed E-state index contributed by atoms with van der Waals surface area (Å²) in [6.45, 7) is 1.98. The van der Waals surface area contributed by atoms with Gasteiger partial charge in [-0.15, -0.1) is 24.0 Å². The summed E-state index contributed by atoms with van der Waals surface area (Å²) in [5, 5.41) is 13.1. The van der Waals surface area contributed by atoms with Crippen molar-refractivity contribution in [2.75, 3.05) is 0 Å². The number of thiol groups is 1. The first kappa shape index (κ1) is 14.6. The van der Waals surface area contributed by atoms with Crippen molar-refractivity contribution >= 4 is 29.8 Å². The van der Waals surface area contributed by atoms with E-state index in [2.05, 4.69) is 28.7 Å². The van der Waals surface area contributed by atoms with Gasteiger partial charge in [-0.05, 0) is 19.8 Å². The first-order chi connectivity index (χ1) is 10.1. The van der Waals surface area contributed by atoms with Gasteiger partial charge in [0.25, 0.3) is 0 Å². The Bertz CT molecular complexity index is 659. The molecule has 6 heteroatoms. The molecule has 1 fully saturated rings. The van der Waals surface area contributed by atoms with E-state index in [1.807, 2.05) is 12.3 Å². The number of amidine groups is 1. The molecule has 4 nitrogen and oxygen atoms in total. The minimum atomic E-state index is -0.264. The Morgan fingerprint density at radius 2 is 2.14 bits per heavy atom. The Balaban J connectivity index is 2.17. The van der Waals surface area contributed by atoms with Crippen molar-refractivity contribution in [2.45, 2.75) is 44.9 Å². The molecule has 2 heterocycles. The SMILES string of the molecule is Cc1csc([C@H]2C(N)=NC(S)=C(C#N)C23CCCCC3)n1. The highest BCUT2D eigenvalue weighted by atomic mass is 32.1. The smallest absolute Gasteiger partial charge is 0.111 e. The summed E-state index contributed by atoms with van der Waals surface area (Å²) in [4.78, 5) is 8.96. The largest absolute Gasteiger partial charge is 0.387 e. The van der Waals surface area contributed by atoms with Gasteiger partial charge < -0.3 is 5.73 Å². The molecule has 0 bridgehead atoms. The molecule has 2 N–H and O–H groups in total. The highest BCUT2D eigenvalue weighted by molar-refractivity contribution is 7.84. The molecule has 1 spiro atoms. The van der Waals surface area contributed by atoms with Crippen LogP contribution in [-0.2, 0) is 0 Å². The molecule has 1 saturated carbocycles. The molecule has 3 rings (SSSR count). The number of nitriles is 1. The molecule has 1 aromatic heterocycles. The minimum Gasteiger partial charge on any atom is -0.387 e. The standard InChI is InChI=1S/C15H18N4S2/c1-9-8-21-14(18-9)11-12(17)19-13(20)10(7-16)15(11)5-3-2-4-6-15/h8,11,20H,2-6H2,1H3,(H2,17,19)/t11-/m1/s1. The number of aliphatic imine (C=N–C) groups is 1. The lowest BCUT2D eigenvalue weighted by atomic mass is 9.61. The van der Waals surface area contributed by atoms with Crippen molar-refractivity contribution < 1.29 is 0 Å². The summed E-state index contributed by atoms with van der Waals surface area (Å²) < 4.78 is 0. The lowest BCUT2D eigenvalue weighted by Crippen LogP contribution is -2.43. The van der Waals surface area contributed by atoms with Crippen LogP contribution in [0.25, 0.3) is 0 Å². The number of allylic oxidation sites excluding steroid dienone is 1. The molecular weight excluding hydrogens is 300 g/mol. The molecule has 1 aromatic rings. The van der Waals surface area contributed by atoms with Gasteiger partial charge >= 0.3 is 0 Å². The van der Waals surface area contributed by atoms with Crippen LogP contribution in [0.1, 0.15) is 48.7 Å². The zero-order chi connectivity index (χ0) is 15.0. The fraction of sp³-hybridized carbons (Fsp3) is 0.533. The van der Waals surface area contributed by atoms with Crippen molar-refractivity contribution in [3.63, 3.8) is 0 Å². The normalized spacial score (nSPS) is 24.8. The van der Waals surface area contributed by atoms with Gasteiger partial charge in [0, 0.05) is 16.5 Å². The Kier molecular flexibility index (Phi) is 3.80. The second-order valence-corrected chi connectivity index (χ2v) is 7.14. The van der Waals surface area contributed by atoms with Crippen molar-refractivity contribution in [1.29, 1.82) is 5.26 Å². The maximum atomic E-state index is 9.65. The van der Waals surface area contributed by atoms with Gasteiger partial charge in [0.05, 0.1) is 17.6 Å². The lowest BCUT2D eigenvalue weighted by molar-refractivity contribution is 0.224. The molecule has 1 aliphatic heterocycles. The van der Waals surface area contributed by atoms with Crippen LogP contribution in [0.15, 0.2) is 21.0 Å². The molecular formula is C15H18N4S2. The Hall–Kier alpha value is -1.32. The van der Waals surface area contributed by atoms with Gasteiger partial charge in [0.1, 0.15) is 15.9 Å². The first-order valence-electron chi connectivity index (χ1n) is 7.18. The van der Waals surface area contributed by atoms with Crippen LogP contribution < -0.4 is 5.73 Å². The van der Waals surface area contributed by atoms with Crippen LogP contribution in [-0.4, -0.2) is 10.8 Å². The lowest BCUT2D eigenvalue weighted by Gasteiger charge is -2.44. The van der Waals surface area contributed by atoms with Crippen molar-refractivity contribution in [3.8, 4) is 6.07 Å². The number of hydrogen-bond acceptors (Lipinski definition) is 6. The fourth-order valence-corrected chi connectivity index (χ4v) is 5.05. The average molecular weight is 318 g/mol. The number of hydrogen-bond donors (Lipinski definition) is 2.